The molecule has 0 atom stereocenters. The van der Waals surface area contributed by atoms with Gasteiger partial charge in [-0.25, -0.2) is 0 Å². The molecular formula is C13H17ClS. The molecule has 0 N–H and O–H groups in total. The topological polar surface area (TPSA) is 0 Å². The van der Waals surface area contributed by atoms with E-state index in [4.69, 9.17) is 11.6 Å². The van der Waals surface area contributed by atoms with Crippen LogP contribution >= 0.6 is 23.4 Å². The number of halogens is 1. The van der Waals surface area contributed by atoms with Crippen LogP contribution in [0.1, 0.15) is 33.3 Å². The zero-order valence-electron chi connectivity index (χ0n) is 9.67. The van der Waals surface area contributed by atoms with E-state index in [9.17, 15) is 0 Å². The van der Waals surface area contributed by atoms with E-state index in [1.807, 2.05) is 36.9 Å². The minimum Gasteiger partial charge on any atom is -0.118 e. The lowest BCUT2D eigenvalue weighted by atomic mass is 10.2. The number of benzene rings is 1. The molecule has 1 aromatic rings. The van der Waals surface area contributed by atoms with Gasteiger partial charge in [-0.1, -0.05) is 56.7 Å². The molecule has 82 valence electrons. The first-order chi connectivity index (χ1) is 6.94. The predicted molar refractivity (Wildman–Crippen MR) is 71.8 cm³/mol. The number of thioether (sulfide) groups is 1. The van der Waals surface area contributed by atoms with E-state index >= 15 is 0 Å². The summed E-state index contributed by atoms with van der Waals surface area (Å²) < 4.78 is 0.182. The SMILES string of the molecule is C/C=C/c1cccc(Cl)c1SC(C)(C)C. The van der Waals surface area contributed by atoms with E-state index in [-0.39, 0.29) is 4.75 Å². The molecule has 0 fully saturated rings. The first kappa shape index (κ1) is 12.7. The molecule has 0 amide bonds. The first-order valence-electron chi connectivity index (χ1n) is 5.04. The summed E-state index contributed by atoms with van der Waals surface area (Å²) in [5.41, 5.74) is 1.20. The van der Waals surface area contributed by atoms with Gasteiger partial charge >= 0.3 is 0 Å². The van der Waals surface area contributed by atoms with Crippen molar-refractivity contribution in [3.05, 3.63) is 34.9 Å². The largest absolute Gasteiger partial charge is 0.118 e. The molecule has 0 aliphatic heterocycles. The molecule has 0 aliphatic carbocycles. The van der Waals surface area contributed by atoms with Crippen molar-refractivity contribution < 1.29 is 0 Å². The Morgan fingerprint density at radius 3 is 2.47 bits per heavy atom. The van der Waals surface area contributed by atoms with Crippen LogP contribution in [0.3, 0.4) is 0 Å². The van der Waals surface area contributed by atoms with Gasteiger partial charge in [0.15, 0.2) is 0 Å². The van der Waals surface area contributed by atoms with Crippen LogP contribution < -0.4 is 0 Å². The van der Waals surface area contributed by atoms with Gasteiger partial charge in [-0.3, -0.25) is 0 Å². The summed E-state index contributed by atoms with van der Waals surface area (Å²) >= 11 is 8.03. The van der Waals surface area contributed by atoms with Crippen molar-refractivity contribution in [2.45, 2.75) is 37.3 Å². The summed E-state index contributed by atoms with van der Waals surface area (Å²) in [6.45, 7) is 8.60. The Balaban J connectivity index is 3.13. The van der Waals surface area contributed by atoms with E-state index in [1.165, 1.54) is 10.5 Å². The van der Waals surface area contributed by atoms with Gasteiger partial charge in [0.2, 0.25) is 0 Å². The second kappa shape index (κ2) is 5.09. The molecule has 0 bridgehead atoms. The van der Waals surface area contributed by atoms with Gasteiger partial charge in [0, 0.05) is 9.64 Å². The molecule has 0 saturated carbocycles. The number of rotatable bonds is 2. The van der Waals surface area contributed by atoms with Gasteiger partial charge < -0.3 is 0 Å². The van der Waals surface area contributed by atoms with Crippen molar-refractivity contribution in [3.8, 4) is 0 Å². The second-order valence-electron chi connectivity index (χ2n) is 4.37. The van der Waals surface area contributed by atoms with Gasteiger partial charge in [-0.15, -0.1) is 11.8 Å². The van der Waals surface area contributed by atoms with E-state index < -0.39 is 0 Å². The van der Waals surface area contributed by atoms with Crippen LogP contribution in [0.2, 0.25) is 5.02 Å². The third-order valence-electron chi connectivity index (χ3n) is 1.75. The average Bonchev–Trinajstić information content (AvgIpc) is 2.10. The van der Waals surface area contributed by atoms with Crippen LogP contribution in [0.15, 0.2) is 29.2 Å². The fourth-order valence-corrected chi connectivity index (χ4v) is 2.58. The fourth-order valence-electron chi connectivity index (χ4n) is 1.25. The Hall–Kier alpha value is -0.400. The second-order valence-corrected chi connectivity index (χ2v) is 6.62. The van der Waals surface area contributed by atoms with Crippen LogP contribution in [0.4, 0.5) is 0 Å². The van der Waals surface area contributed by atoms with Crippen molar-refractivity contribution in [3.63, 3.8) is 0 Å². The van der Waals surface area contributed by atoms with Crippen LogP contribution in [0.5, 0.6) is 0 Å². The molecule has 15 heavy (non-hydrogen) atoms. The summed E-state index contributed by atoms with van der Waals surface area (Å²) in [7, 11) is 0. The first-order valence-corrected chi connectivity index (χ1v) is 6.24. The Morgan fingerprint density at radius 1 is 1.27 bits per heavy atom. The maximum Gasteiger partial charge on any atom is 0.0548 e. The molecule has 2 heteroatoms. The molecule has 0 spiro atoms. The van der Waals surface area contributed by atoms with Crippen molar-refractivity contribution in [2.75, 3.05) is 0 Å². The minimum absolute atomic E-state index is 0.182. The molecule has 0 heterocycles. The number of allylic oxidation sites excluding steroid dienone is 1. The lowest BCUT2D eigenvalue weighted by Gasteiger charge is -2.20. The van der Waals surface area contributed by atoms with E-state index in [2.05, 4.69) is 32.9 Å². The Labute approximate surface area is 102 Å². The van der Waals surface area contributed by atoms with Crippen molar-refractivity contribution in [2.24, 2.45) is 0 Å². The lowest BCUT2D eigenvalue weighted by Crippen LogP contribution is -2.07. The smallest absolute Gasteiger partial charge is 0.0548 e. The van der Waals surface area contributed by atoms with Gasteiger partial charge in [-0.05, 0) is 18.6 Å². The molecule has 0 aliphatic rings. The summed E-state index contributed by atoms with van der Waals surface area (Å²) in [6.07, 6.45) is 4.14. The molecule has 1 aromatic carbocycles. The van der Waals surface area contributed by atoms with Crippen molar-refractivity contribution in [1.82, 2.24) is 0 Å². The third kappa shape index (κ3) is 3.92. The molecule has 0 radical (unpaired) electrons. The summed E-state index contributed by atoms with van der Waals surface area (Å²) in [4.78, 5) is 1.17. The standard InChI is InChI=1S/C13H17ClS/c1-5-7-10-8-6-9-11(14)12(10)15-13(2,3)4/h5-9H,1-4H3/b7-5+. The molecule has 0 nitrogen and oxygen atoms in total. The predicted octanol–water partition coefficient (Wildman–Crippen LogP) is 5.26. The normalized spacial score (nSPS) is 12.3. The summed E-state index contributed by atoms with van der Waals surface area (Å²) in [5, 5.41) is 0.838. The van der Waals surface area contributed by atoms with Crippen LogP contribution in [-0.2, 0) is 0 Å². The minimum atomic E-state index is 0.182. The summed E-state index contributed by atoms with van der Waals surface area (Å²) in [6, 6.07) is 6.03. The average molecular weight is 241 g/mol. The monoisotopic (exact) mass is 240 g/mol. The molecular weight excluding hydrogens is 224 g/mol. The van der Waals surface area contributed by atoms with Gasteiger partial charge in [0.1, 0.15) is 0 Å². The highest BCUT2D eigenvalue weighted by molar-refractivity contribution is 8.00. The maximum atomic E-state index is 6.22. The van der Waals surface area contributed by atoms with Crippen LogP contribution in [-0.4, -0.2) is 4.75 Å². The van der Waals surface area contributed by atoms with E-state index in [1.54, 1.807) is 0 Å². The van der Waals surface area contributed by atoms with Gasteiger partial charge in [0.25, 0.3) is 0 Å². The Morgan fingerprint density at radius 2 is 1.93 bits per heavy atom. The van der Waals surface area contributed by atoms with E-state index in [0.29, 0.717) is 0 Å². The van der Waals surface area contributed by atoms with Gasteiger partial charge in [0.05, 0.1) is 5.02 Å². The summed E-state index contributed by atoms with van der Waals surface area (Å²) in [5.74, 6) is 0. The third-order valence-corrected chi connectivity index (χ3v) is 3.45. The van der Waals surface area contributed by atoms with Crippen molar-refractivity contribution in [1.29, 1.82) is 0 Å². The fraction of sp³-hybridized carbons (Fsp3) is 0.385. The molecule has 0 aromatic heterocycles. The van der Waals surface area contributed by atoms with Gasteiger partial charge in [-0.2, -0.15) is 0 Å². The molecule has 0 saturated heterocycles. The van der Waals surface area contributed by atoms with E-state index in [0.717, 1.165) is 5.02 Å². The highest BCUT2D eigenvalue weighted by atomic mass is 35.5. The molecule has 1 rings (SSSR count). The number of hydrogen-bond donors (Lipinski definition) is 0. The molecule has 0 unspecified atom stereocenters. The maximum absolute atomic E-state index is 6.22. The van der Waals surface area contributed by atoms with Crippen molar-refractivity contribution >= 4 is 29.4 Å². The highest BCUT2D eigenvalue weighted by Crippen LogP contribution is 2.39. The number of hydrogen-bond acceptors (Lipinski definition) is 1. The quantitative estimate of drug-likeness (QED) is 0.635. The van der Waals surface area contributed by atoms with Crippen LogP contribution in [0, 0.1) is 0 Å². The zero-order valence-corrected chi connectivity index (χ0v) is 11.2. The highest BCUT2D eigenvalue weighted by Gasteiger charge is 2.16. The van der Waals surface area contributed by atoms with Crippen LogP contribution in [0.25, 0.3) is 6.08 Å². The lowest BCUT2D eigenvalue weighted by molar-refractivity contribution is 0.802. The Kier molecular flexibility index (Phi) is 4.30. The Bertz CT molecular complexity index is 361. The zero-order chi connectivity index (χ0) is 11.5.